The van der Waals surface area contributed by atoms with Crippen LogP contribution in [0.5, 0.6) is 0 Å². The Balaban J connectivity index is 2.38. The van der Waals surface area contributed by atoms with E-state index in [1.54, 1.807) is 0 Å². The first-order valence-electron chi connectivity index (χ1n) is 13.2. The largest absolute Gasteiger partial charge is 0.462 e. The average molecular weight is 454 g/mol. The Morgan fingerprint density at radius 1 is 0.969 bits per heavy atom. The minimum Gasteiger partial charge on any atom is -0.462 e. The number of amides is 1. The Kier molecular flexibility index (Phi) is 16.8. The topological polar surface area (TPSA) is 81.7 Å². The Labute approximate surface area is 195 Å². The van der Waals surface area contributed by atoms with Crippen molar-refractivity contribution >= 4 is 18.3 Å². The van der Waals surface area contributed by atoms with E-state index >= 15 is 0 Å². The fraction of sp³-hybridized carbons (Fsp3) is 0.885. The molecule has 0 aliphatic carbocycles. The molecule has 0 aromatic carbocycles. The van der Waals surface area contributed by atoms with E-state index in [9.17, 15) is 14.4 Å². The SMILES string of the molecule is CCCCCCCCCCC[C@@H](C[C@@H]1OC(=O)[C@H]1CCCCCC)OC(=O)CCNC=O. The molecule has 0 aromatic heterocycles. The molecule has 0 radical (unpaired) electrons. The average Bonchev–Trinajstić information content (AvgIpc) is 2.77. The zero-order chi connectivity index (χ0) is 23.4. The summed E-state index contributed by atoms with van der Waals surface area (Å²) in [5.41, 5.74) is 0. The highest BCUT2D eigenvalue weighted by Crippen LogP contribution is 2.32. The zero-order valence-electron chi connectivity index (χ0n) is 20.6. The van der Waals surface area contributed by atoms with Gasteiger partial charge >= 0.3 is 11.9 Å². The summed E-state index contributed by atoms with van der Waals surface area (Å²) in [5, 5.41) is 2.50. The first kappa shape index (κ1) is 28.4. The number of cyclic esters (lactones) is 1. The van der Waals surface area contributed by atoms with Crippen LogP contribution in [-0.4, -0.2) is 37.1 Å². The quantitative estimate of drug-likeness (QED) is 0.126. The van der Waals surface area contributed by atoms with Crippen LogP contribution in [0.3, 0.4) is 0 Å². The fourth-order valence-electron chi connectivity index (χ4n) is 4.35. The van der Waals surface area contributed by atoms with Crippen LogP contribution < -0.4 is 5.32 Å². The van der Waals surface area contributed by atoms with E-state index in [1.807, 2.05) is 0 Å². The Bertz CT molecular complexity index is 510. The standard InChI is InChI=1S/C26H47NO5/c1-3-5-7-9-10-11-12-13-14-16-22(31-25(29)18-19-27-21-28)20-24-23(26(30)32-24)17-15-8-6-4-2/h21-24H,3-20H2,1-2H3,(H,27,28)/t22-,23-,24-/m0/s1. The lowest BCUT2D eigenvalue weighted by Gasteiger charge is -2.37. The second-order valence-electron chi connectivity index (χ2n) is 9.22. The third-order valence-corrected chi connectivity index (χ3v) is 6.37. The first-order valence-corrected chi connectivity index (χ1v) is 13.2. The van der Waals surface area contributed by atoms with Gasteiger partial charge in [-0.25, -0.2) is 0 Å². The molecule has 0 unspecified atom stereocenters. The third kappa shape index (κ3) is 13.1. The highest BCUT2D eigenvalue weighted by atomic mass is 16.6. The van der Waals surface area contributed by atoms with Crippen molar-refractivity contribution < 1.29 is 23.9 Å². The van der Waals surface area contributed by atoms with Crippen LogP contribution >= 0.6 is 0 Å². The van der Waals surface area contributed by atoms with Gasteiger partial charge in [0.15, 0.2) is 0 Å². The van der Waals surface area contributed by atoms with Gasteiger partial charge in [0.2, 0.25) is 6.41 Å². The van der Waals surface area contributed by atoms with E-state index < -0.39 is 0 Å². The lowest BCUT2D eigenvalue weighted by atomic mass is 9.86. The molecule has 1 fully saturated rings. The number of nitrogens with one attached hydrogen (secondary N) is 1. The maximum atomic E-state index is 12.2. The van der Waals surface area contributed by atoms with Crippen LogP contribution in [0.2, 0.25) is 0 Å². The summed E-state index contributed by atoms with van der Waals surface area (Å²) in [6, 6.07) is 0. The minimum atomic E-state index is -0.301. The van der Waals surface area contributed by atoms with Gasteiger partial charge in [-0.3, -0.25) is 14.4 Å². The zero-order valence-corrected chi connectivity index (χ0v) is 20.6. The van der Waals surface area contributed by atoms with Gasteiger partial charge in [-0.05, 0) is 19.3 Å². The Morgan fingerprint density at radius 2 is 1.56 bits per heavy atom. The normalized spacial score (nSPS) is 18.5. The Hall–Kier alpha value is -1.59. The van der Waals surface area contributed by atoms with Crippen LogP contribution in [0, 0.1) is 5.92 Å². The van der Waals surface area contributed by atoms with Crippen LogP contribution in [0.1, 0.15) is 123 Å². The highest BCUT2D eigenvalue weighted by molar-refractivity contribution is 5.78. The second kappa shape index (κ2) is 18.9. The van der Waals surface area contributed by atoms with Crippen molar-refractivity contribution in [3.8, 4) is 0 Å². The van der Waals surface area contributed by atoms with Gasteiger partial charge in [0.25, 0.3) is 0 Å². The molecule has 1 aliphatic heterocycles. The van der Waals surface area contributed by atoms with Crippen LogP contribution in [-0.2, 0) is 23.9 Å². The molecule has 6 heteroatoms. The number of carbonyl (C=O) groups is 3. The minimum absolute atomic E-state index is 0.0482. The van der Waals surface area contributed by atoms with Crippen molar-refractivity contribution in [2.45, 2.75) is 135 Å². The molecule has 1 rings (SSSR count). The molecule has 186 valence electrons. The van der Waals surface area contributed by atoms with Crippen LogP contribution in [0.15, 0.2) is 0 Å². The molecule has 3 atom stereocenters. The van der Waals surface area contributed by atoms with Crippen molar-refractivity contribution in [2.75, 3.05) is 6.54 Å². The van der Waals surface area contributed by atoms with Crippen molar-refractivity contribution in [2.24, 2.45) is 5.92 Å². The highest BCUT2D eigenvalue weighted by Gasteiger charge is 2.43. The summed E-state index contributed by atoms with van der Waals surface area (Å²) < 4.78 is 11.1. The van der Waals surface area contributed by atoms with Gasteiger partial charge in [-0.15, -0.1) is 0 Å². The van der Waals surface area contributed by atoms with E-state index in [1.165, 1.54) is 57.8 Å². The summed E-state index contributed by atoms with van der Waals surface area (Å²) in [5.74, 6) is -0.451. The number of rotatable bonds is 22. The lowest BCUT2D eigenvalue weighted by Crippen LogP contribution is -2.47. The van der Waals surface area contributed by atoms with Gasteiger partial charge in [0, 0.05) is 13.0 Å². The maximum absolute atomic E-state index is 12.2. The number of unbranched alkanes of at least 4 members (excludes halogenated alkanes) is 11. The van der Waals surface area contributed by atoms with Gasteiger partial charge in [-0.2, -0.15) is 0 Å². The second-order valence-corrected chi connectivity index (χ2v) is 9.22. The summed E-state index contributed by atoms with van der Waals surface area (Å²) in [6.07, 6.45) is 18.5. The predicted molar refractivity (Wildman–Crippen MR) is 127 cm³/mol. The summed E-state index contributed by atoms with van der Waals surface area (Å²) in [7, 11) is 0. The van der Waals surface area contributed by atoms with Crippen molar-refractivity contribution in [3.63, 3.8) is 0 Å². The molecule has 1 heterocycles. The molecule has 6 nitrogen and oxygen atoms in total. The molecule has 0 bridgehead atoms. The fourth-order valence-corrected chi connectivity index (χ4v) is 4.35. The smallest absolute Gasteiger partial charge is 0.313 e. The molecular formula is C26H47NO5. The van der Waals surface area contributed by atoms with Gasteiger partial charge in [0.05, 0.1) is 12.3 Å². The summed E-state index contributed by atoms with van der Waals surface area (Å²) in [4.78, 5) is 34.5. The number of esters is 2. The molecule has 1 N–H and O–H groups in total. The van der Waals surface area contributed by atoms with E-state index in [-0.39, 0.29) is 43.0 Å². The number of ether oxygens (including phenoxy) is 2. The Morgan fingerprint density at radius 3 is 2.16 bits per heavy atom. The lowest BCUT2D eigenvalue weighted by molar-refractivity contribution is -0.190. The molecule has 32 heavy (non-hydrogen) atoms. The maximum Gasteiger partial charge on any atom is 0.313 e. The molecule has 0 saturated carbocycles. The predicted octanol–water partition coefficient (Wildman–Crippen LogP) is 5.86. The summed E-state index contributed by atoms with van der Waals surface area (Å²) >= 11 is 0. The van der Waals surface area contributed by atoms with Gasteiger partial charge in [-0.1, -0.05) is 90.9 Å². The van der Waals surface area contributed by atoms with Crippen LogP contribution in [0.25, 0.3) is 0 Å². The van der Waals surface area contributed by atoms with Crippen LogP contribution in [0.4, 0.5) is 0 Å². The van der Waals surface area contributed by atoms with E-state index in [4.69, 9.17) is 9.47 Å². The van der Waals surface area contributed by atoms with Gasteiger partial charge in [0.1, 0.15) is 12.2 Å². The monoisotopic (exact) mass is 453 g/mol. The molecule has 1 saturated heterocycles. The van der Waals surface area contributed by atoms with Crippen molar-refractivity contribution in [1.29, 1.82) is 0 Å². The molecule has 1 aliphatic rings. The molecular weight excluding hydrogens is 406 g/mol. The molecule has 0 aromatic rings. The van der Waals surface area contributed by atoms with E-state index in [0.717, 1.165) is 38.5 Å². The molecule has 0 spiro atoms. The van der Waals surface area contributed by atoms with E-state index in [2.05, 4.69) is 19.2 Å². The third-order valence-electron chi connectivity index (χ3n) is 6.37. The number of hydrogen-bond donors (Lipinski definition) is 1. The van der Waals surface area contributed by atoms with Gasteiger partial charge < -0.3 is 14.8 Å². The van der Waals surface area contributed by atoms with Crippen molar-refractivity contribution in [1.82, 2.24) is 5.32 Å². The molecule has 1 amide bonds. The number of carbonyl (C=O) groups excluding carboxylic acids is 3. The first-order chi connectivity index (χ1) is 15.6. The van der Waals surface area contributed by atoms with E-state index in [0.29, 0.717) is 12.8 Å². The summed E-state index contributed by atoms with van der Waals surface area (Å²) in [6.45, 7) is 4.70. The number of hydrogen-bond acceptors (Lipinski definition) is 5. The van der Waals surface area contributed by atoms with Crippen molar-refractivity contribution in [3.05, 3.63) is 0 Å².